The summed E-state index contributed by atoms with van der Waals surface area (Å²) >= 11 is 6.18. The highest BCUT2D eigenvalue weighted by Crippen LogP contribution is 2.40. The summed E-state index contributed by atoms with van der Waals surface area (Å²) in [5.41, 5.74) is 3.02. The van der Waals surface area contributed by atoms with Crippen LogP contribution in [0.25, 0.3) is 5.57 Å². The third-order valence-corrected chi connectivity index (χ3v) is 4.66. The molecule has 3 rings (SSSR count). The number of halogens is 1. The first-order valence-electron chi connectivity index (χ1n) is 8.40. The molecule has 0 fully saturated rings. The Hall–Kier alpha value is -2.26. The molecular formula is C21H21ClO3. The van der Waals surface area contributed by atoms with E-state index in [1.165, 1.54) is 0 Å². The highest BCUT2D eigenvalue weighted by molar-refractivity contribution is 6.30. The van der Waals surface area contributed by atoms with Crippen LogP contribution in [0.1, 0.15) is 36.8 Å². The number of rotatable bonds is 5. The predicted molar refractivity (Wildman–Crippen MR) is 101 cm³/mol. The van der Waals surface area contributed by atoms with Crippen LogP contribution in [0.2, 0.25) is 5.02 Å². The summed E-state index contributed by atoms with van der Waals surface area (Å²) in [5, 5.41) is 0.637. The molecule has 0 N–H and O–H groups in total. The van der Waals surface area contributed by atoms with Crippen molar-refractivity contribution in [3.63, 3.8) is 0 Å². The van der Waals surface area contributed by atoms with Gasteiger partial charge in [0, 0.05) is 17.0 Å². The minimum atomic E-state index is 0.129. The Morgan fingerprint density at radius 1 is 1.12 bits per heavy atom. The van der Waals surface area contributed by atoms with Gasteiger partial charge in [-0.2, -0.15) is 0 Å². The van der Waals surface area contributed by atoms with E-state index in [9.17, 15) is 4.79 Å². The zero-order valence-electron chi connectivity index (χ0n) is 14.4. The number of allylic oxidation sites excluding steroid dienone is 2. The minimum Gasteiger partial charge on any atom is -0.497 e. The van der Waals surface area contributed by atoms with Gasteiger partial charge < -0.3 is 9.47 Å². The van der Waals surface area contributed by atoms with Crippen molar-refractivity contribution in [1.29, 1.82) is 0 Å². The maximum Gasteiger partial charge on any atom is 0.156 e. The molecule has 1 atom stereocenters. The van der Waals surface area contributed by atoms with E-state index in [1.54, 1.807) is 13.2 Å². The fourth-order valence-electron chi connectivity index (χ4n) is 3.23. The summed E-state index contributed by atoms with van der Waals surface area (Å²) in [6.07, 6.45) is 3.02. The molecule has 2 aromatic carbocycles. The standard InChI is InChI=1S/C21H21ClO3/c1-3-25-21-9-6-17(22)13-20(21)16-10-15(11-18(23)12-16)14-4-7-19(24-2)8-5-14/h4-9,12-13,15H,3,10-11H2,1-2H3. The van der Waals surface area contributed by atoms with Gasteiger partial charge in [-0.25, -0.2) is 0 Å². The van der Waals surface area contributed by atoms with E-state index < -0.39 is 0 Å². The molecule has 3 nitrogen and oxygen atoms in total. The van der Waals surface area contributed by atoms with Gasteiger partial charge in [0.25, 0.3) is 0 Å². The lowest BCUT2D eigenvalue weighted by Gasteiger charge is -2.24. The smallest absolute Gasteiger partial charge is 0.156 e. The second kappa shape index (κ2) is 7.75. The molecule has 0 spiro atoms. The first-order chi connectivity index (χ1) is 12.1. The van der Waals surface area contributed by atoms with Gasteiger partial charge in [-0.1, -0.05) is 23.7 Å². The van der Waals surface area contributed by atoms with Gasteiger partial charge in [0.2, 0.25) is 0 Å². The summed E-state index contributed by atoms with van der Waals surface area (Å²) in [6, 6.07) is 13.5. The van der Waals surface area contributed by atoms with Crippen LogP contribution in [-0.4, -0.2) is 19.5 Å². The molecule has 0 bridgehead atoms. The molecule has 130 valence electrons. The second-order valence-electron chi connectivity index (χ2n) is 6.09. The fourth-order valence-corrected chi connectivity index (χ4v) is 3.40. The average Bonchev–Trinajstić information content (AvgIpc) is 2.63. The summed E-state index contributed by atoms with van der Waals surface area (Å²) < 4.78 is 10.9. The highest BCUT2D eigenvalue weighted by atomic mass is 35.5. The first kappa shape index (κ1) is 17.6. The molecule has 2 aromatic rings. The van der Waals surface area contributed by atoms with Gasteiger partial charge in [-0.05, 0) is 66.8 Å². The molecule has 0 aliphatic heterocycles. The predicted octanol–water partition coefficient (Wildman–Crippen LogP) is 5.28. The number of ether oxygens (including phenoxy) is 2. The van der Waals surface area contributed by atoms with E-state index in [2.05, 4.69) is 0 Å². The summed E-state index contributed by atoms with van der Waals surface area (Å²) in [4.78, 5) is 12.3. The number of benzene rings is 2. The molecule has 0 radical (unpaired) electrons. The maximum absolute atomic E-state index is 12.3. The molecule has 1 aliphatic carbocycles. The van der Waals surface area contributed by atoms with Crippen molar-refractivity contribution < 1.29 is 14.3 Å². The minimum absolute atomic E-state index is 0.129. The summed E-state index contributed by atoms with van der Waals surface area (Å²) in [5.74, 6) is 1.85. The van der Waals surface area contributed by atoms with E-state index in [0.29, 0.717) is 18.1 Å². The van der Waals surface area contributed by atoms with E-state index in [-0.39, 0.29) is 11.7 Å². The Labute approximate surface area is 153 Å². The van der Waals surface area contributed by atoms with E-state index >= 15 is 0 Å². The topological polar surface area (TPSA) is 35.5 Å². The molecule has 25 heavy (non-hydrogen) atoms. The van der Waals surface area contributed by atoms with Crippen LogP contribution in [0.5, 0.6) is 11.5 Å². The number of methoxy groups -OCH3 is 1. The van der Waals surface area contributed by atoms with Gasteiger partial charge >= 0.3 is 0 Å². The average molecular weight is 357 g/mol. The van der Waals surface area contributed by atoms with Gasteiger partial charge in [0.05, 0.1) is 13.7 Å². The van der Waals surface area contributed by atoms with Gasteiger partial charge in [0.15, 0.2) is 5.78 Å². The molecule has 0 heterocycles. The van der Waals surface area contributed by atoms with Crippen LogP contribution in [0, 0.1) is 0 Å². The van der Waals surface area contributed by atoms with Crippen molar-refractivity contribution in [3.05, 3.63) is 64.7 Å². The molecule has 0 saturated carbocycles. The molecule has 0 aromatic heterocycles. The number of ketones is 1. The van der Waals surface area contributed by atoms with Crippen LogP contribution in [0.15, 0.2) is 48.5 Å². The Morgan fingerprint density at radius 2 is 1.88 bits per heavy atom. The third-order valence-electron chi connectivity index (χ3n) is 4.42. The maximum atomic E-state index is 12.3. The molecule has 1 aliphatic rings. The van der Waals surface area contributed by atoms with Crippen molar-refractivity contribution in [2.45, 2.75) is 25.7 Å². The molecule has 4 heteroatoms. The largest absolute Gasteiger partial charge is 0.497 e. The third kappa shape index (κ3) is 4.05. The Morgan fingerprint density at radius 3 is 2.56 bits per heavy atom. The summed E-state index contributed by atoms with van der Waals surface area (Å²) in [6.45, 7) is 2.51. The van der Waals surface area contributed by atoms with E-state index in [1.807, 2.05) is 49.4 Å². The number of carbonyl (C=O) groups is 1. The summed E-state index contributed by atoms with van der Waals surface area (Å²) in [7, 11) is 1.65. The van der Waals surface area contributed by atoms with Crippen molar-refractivity contribution >= 4 is 23.0 Å². The zero-order valence-corrected chi connectivity index (χ0v) is 15.2. The first-order valence-corrected chi connectivity index (χ1v) is 8.78. The van der Waals surface area contributed by atoms with Gasteiger partial charge in [0.1, 0.15) is 11.5 Å². The van der Waals surface area contributed by atoms with Crippen molar-refractivity contribution in [2.75, 3.05) is 13.7 Å². The van der Waals surface area contributed by atoms with E-state index in [0.717, 1.165) is 34.6 Å². The lowest BCUT2D eigenvalue weighted by molar-refractivity contribution is -0.115. The van der Waals surface area contributed by atoms with Crippen LogP contribution in [0.4, 0.5) is 0 Å². The Balaban J connectivity index is 1.92. The molecule has 1 unspecified atom stereocenters. The van der Waals surface area contributed by atoms with Crippen LogP contribution < -0.4 is 9.47 Å². The molecular weight excluding hydrogens is 336 g/mol. The molecule has 0 saturated heterocycles. The second-order valence-corrected chi connectivity index (χ2v) is 6.52. The van der Waals surface area contributed by atoms with Crippen molar-refractivity contribution in [1.82, 2.24) is 0 Å². The van der Waals surface area contributed by atoms with Crippen LogP contribution in [0.3, 0.4) is 0 Å². The van der Waals surface area contributed by atoms with Gasteiger partial charge in [-0.3, -0.25) is 4.79 Å². The van der Waals surface area contributed by atoms with Crippen molar-refractivity contribution in [3.8, 4) is 11.5 Å². The lowest BCUT2D eigenvalue weighted by Crippen LogP contribution is -2.13. The van der Waals surface area contributed by atoms with E-state index in [4.69, 9.17) is 21.1 Å². The highest BCUT2D eigenvalue weighted by Gasteiger charge is 2.24. The quantitative estimate of drug-likeness (QED) is 0.731. The van der Waals surface area contributed by atoms with Gasteiger partial charge in [-0.15, -0.1) is 0 Å². The fraction of sp³-hybridized carbons (Fsp3) is 0.286. The SMILES string of the molecule is CCOc1ccc(Cl)cc1C1=CC(=O)CC(c2ccc(OC)cc2)C1. The Bertz CT molecular complexity index is 793. The van der Waals surface area contributed by atoms with Crippen molar-refractivity contribution in [2.24, 2.45) is 0 Å². The monoisotopic (exact) mass is 356 g/mol. The zero-order chi connectivity index (χ0) is 17.8. The van der Waals surface area contributed by atoms with Crippen LogP contribution in [-0.2, 0) is 4.79 Å². The number of hydrogen-bond donors (Lipinski definition) is 0. The lowest BCUT2D eigenvalue weighted by atomic mass is 9.81. The normalized spacial score (nSPS) is 17.2. The Kier molecular flexibility index (Phi) is 5.44. The molecule has 0 amide bonds. The van der Waals surface area contributed by atoms with Crippen LogP contribution >= 0.6 is 11.6 Å². The number of carbonyl (C=O) groups excluding carboxylic acids is 1. The number of hydrogen-bond acceptors (Lipinski definition) is 3.